The van der Waals surface area contributed by atoms with Crippen LogP contribution in [0.25, 0.3) is 0 Å². The Hall–Kier alpha value is -0.930. The zero-order chi connectivity index (χ0) is 8.85. The average Bonchev–Trinajstić information content (AvgIpc) is 1.98. The molecule has 1 N–H and O–H groups in total. The quantitative estimate of drug-likeness (QED) is 0.608. The van der Waals surface area contributed by atoms with Gasteiger partial charge >= 0.3 is 0 Å². The smallest absolute Gasteiger partial charge is 0.262 e. The molecular weight excluding hydrogens is 149 g/mol. The predicted molar refractivity (Wildman–Crippen MR) is 38.9 cm³/mol. The average molecular weight is 161 g/mol. The van der Waals surface area contributed by atoms with E-state index in [0.29, 0.717) is 6.54 Å². The van der Waals surface area contributed by atoms with E-state index in [1.54, 1.807) is 0 Å². The van der Waals surface area contributed by atoms with E-state index in [-0.39, 0.29) is 0 Å². The maximum Gasteiger partial charge on any atom is 0.262 e. The van der Waals surface area contributed by atoms with Crippen molar-refractivity contribution in [1.29, 1.82) is 0 Å². The second kappa shape index (κ2) is 4.82. The summed E-state index contributed by atoms with van der Waals surface area (Å²) in [4.78, 5) is 20.9. The summed E-state index contributed by atoms with van der Waals surface area (Å²) in [5.41, 5.74) is 0. The topological polar surface area (TPSA) is 46.2 Å². The molecule has 1 amide bonds. The van der Waals surface area contributed by atoms with Gasteiger partial charge in [0.25, 0.3) is 5.91 Å². The number of hydrogen-bond acceptors (Lipinski definition) is 2. The summed E-state index contributed by atoms with van der Waals surface area (Å²) in [7, 11) is 0. The summed E-state index contributed by atoms with van der Waals surface area (Å²) in [6, 6.07) is 0. The molecule has 4 heteroatoms. The van der Waals surface area contributed by atoms with Gasteiger partial charge in [-0.1, -0.05) is 6.92 Å². The summed E-state index contributed by atoms with van der Waals surface area (Å²) < 4.78 is 12.5. The van der Waals surface area contributed by atoms with Gasteiger partial charge in [0, 0.05) is 6.54 Å². The summed E-state index contributed by atoms with van der Waals surface area (Å²) in [5.74, 6) is -1.59. The lowest BCUT2D eigenvalue weighted by molar-refractivity contribution is -0.134. The van der Waals surface area contributed by atoms with Gasteiger partial charge in [-0.05, 0) is 13.3 Å². The summed E-state index contributed by atoms with van der Waals surface area (Å²) in [5, 5.41) is 2.28. The minimum atomic E-state index is -2.00. The normalized spacial score (nSPS) is 12.3. The van der Waals surface area contributed by atoms with Gasteiger partial charge in [-0.3, -0.25) is 9.59 Å². The lowest BCUT2D eigenvalue weighted by atomic mass is 10.2. The molecule has 0 aliphatic carbocycles. The van der Waals surface area contributed by atoms with E-state index in [4.69, 9.17) is 0 Å². The number of carbonyl (C=O) groups excluding carboxylic acids is 2. The van der Waals surface area contributed by atoms with Gasteiger partial charge in [-0.25, -0.2) is 4.39 Å². The second-order valence-corrected chi connectivity index (χ2v) is 2.26. The molecule has 0 aromatic rings. The van der Waals surface area contributed by atoms with Crippen molar-refractivity contribution in [2.24, 2.45) is 0 Å². The third-order valence-corrected chi connectivity index (χ3v) is 1.14. The molecule has 64 valence electrons. The molecule has 0 bridgehead atoms. The Morgan fingerprint density at radius 1 is 1.55 bits per heavy atom. The van der Waals surface area contributed by atoms with E-state index >= 15 is 0 Å². The van der Waals surface area contributed by atoms with Gasteiger partial charge in [0.1, 0.15) is 0 Å². The number of halogens is 1. The molecule has 0 fully saturated rings. The highest BCUT2D eigenvalue weighted by atomic mass is 19.1. The molecule has 11 heavy (non-hydrogen) atoms. The Kier molecular flexibility index (Phi) is 4.41. The van der Waals surface area contributed by atoms with Crippen LogP contribution in [-0.2, 0) is 9.59 Å². The highest BCUT2D eigenvalue weighted by Gasteiger charge is 2.20. The zero-order valence-electron chi connectivity index (χ0n) is 6.69. The molecular formula is C7H12FNO2. The van der Waals surface area contributed by atoms with Crippen molar-refractivity contribution in [3.63, 3.8) is 0 Å². The van der Waals surface area contributed by atoms with E-state index in [1.165, 1.54) is 0 Å². The van der Waals surface area contributed by atoms with Gasteiger partial charge in [0.05, 0.1) is 0 Å². The fourth-order valence-corrected chi connectivity index (χ4v) is 0.522. The first kappa shape index (κ1) is 10.1. The van der Waals surface area contributed by atoms with Crippen LogP contribution in [0.2, 0.25) is 0 Å². The van der Waals surface area contributed by atoms with Gasteiger partial charge in [-0.15, -0.1) is 0 Å². The largest absolute Gasteiger partial charge is 0.353 e. The standard InChI is InChI=1S/C7H12FNO2/c1-3-4-9-7(11)6(8)5(2)10/h6H,3-4H2,1-2H3,(H,9,11). The molecule has 0 spiro atoms. The molecule has 1 atom stereocenters. The SMILES string of the molecule is CCCNC(=O)C(F)C(C)=O. The van der Waals surface area contributed by atoms with Gasteiger partial charge < -0.3 is 5.32 Å². The molecule has 0 heterocycles. The first-order valence-electron chi connectivity index (χ1n) is 3.51. The molecule has 0 radical (unpaired) electrons. The van der Waals surface area contributed by atoms with Crippen molar-refractivity contribution >= 4 is 11.7 Å². The van der Waals surface area contributed by atoms with E-state index in [2.05, 4.69) is 5.32 Å². The Labute approximate surface area is 65.0 Å². The number of Topliss-reactive ketones (excluding diaryl/α,β-unsaturated/α-hetero) is 1. The monoisotopic (exact) mass is 161 g/mol. The fraction of sp³-hybridized carbons (Fsp3) is 0.714. The van der Waals surface area contributed by atoms with Crippen molar-refractivity contribution in [2.75, 3.05) is 6.54 Å². The molecule has 1 unspecified atom stereocenters. The lowest BCUT2D eigenvalue weighted by Gasteiger charge is -2.04. The van der Waals surface area contributed by atoms with Crippen LogP contribution in [0.1, 0.15) is 20.3 Å². The minimum absolute atomic E-state index is 0.409. The van der Waals surface area contributed by atoms with Crippen molar-refractivity contribution in [3.8, 4) is 0 Å². The van der Waals surface area contributed by atoms with Crippen LogP contribution in [0.3, 0.4) is 0 Å². The summed E-state index contributed by atoms with van der Waals surface area (Å²) in [6.45, 7) is 3.31. The molecule has 0 aromatic heterocycles. The Morgan fingerprint density at radius 2 is 2.09 bits per heavy atom. The first-order valence-corrected chi connectivity index (χ1v) is 3.51. The van der Waals surface area contributed by atoms with Crippen LogP contribution in [0.5, 0.6) is 0 Å². The summed E-state index contributed by atoms with van der Waals surface area (Å²) in [6.07, 6.45) is -1.27. The van der Waals surface area contributed by atoms with Crippen LogP contribution >= 0.6 is 0 Å². The molecule has 0 rings (SSSR count). The fourth-order valence-electron chi connectivity index (χ4n) is 0.522. The maximum absolute atomic E-state index is 12.5. The van der Waals surface area contributed by atoms with E-state index in [0.717, 1.165) is 13.3 Å². The third-order valence-electron chi connectivity index (χ3n) is 1.14. The van der Waals surface area contributed by atoms with Crippen molar-refractivity contribution in [2.45, 2.75) is 26.4 Å². The Bertz CT molecular complexity index is 159. The molecule has 3 nitrogen and oxygen atoms in total. The van der Waals surface area contributed by atoms with Crippen molar-refractivity contribution in [3.05, 3.63) is 0 Å². The predicted octanol–water partition coefficient (Wildman–Crippen LogP) is 0.440. The zero-order valence-corrected chi connectivity index (χ0v) is 6.69. The number of ketones is 1. The molecule has 0 aliphatic rings. The number of amides is 1. The highest BCUT2D eigenvalue weighted by Crippen LogP contribution is 1.91. The summed E-state index contributed by atoms with van der Waals surface area (Å²) >= 11 is 0. The Balaban J connectivity index is 3.74. The van der Waals surface area contributed by atoms with E-state index < -0.39 is 17.9 Å². The number of carbonyl (C=O) groups is 2. The molecule has 0 saturated heterocycles. The minimum Gasteiger partial charge on any atom is -0.353 e. The third kappa shape index (κ3) is 3.70. The number of hydrogen-bond donors (Lipinski definition) is 1. The van der Waals surface area contributed by atoms with E-state index in [1.807, 2.05) is 6.92 Å². The molecule has 0 aromatic carbocycles. The van der Waals surface area contributed by atoms with Gasteiger partial charge in [-0.2, -0.15) is 0 Å². The number of rotatable bonds is 4. The van der Waals surface area contributed by atoms with Crippen LogP contribution in [-0.4, -0.2) is 24.4 Å². The second-order valence-electron chi connectivity index (χ2n) is 2.26. The van der Waals surface area contributed by atoms with E-state index in [9.17, 15) is 14.0 Å². The van der Waals surface area contributed by atoms with Gasteiger partial charge in [0.2, 0.25) is 6.17 Å². The Morgan fingerprint density at radius 3 is 2.45 bits per heavy atom. The molecule has 0 saturated carbocycles. The van der Waals surface area contributed by atoms with Crippen LogP contribution in [0.15, 0.2) is 0 Å². The first-order chi connectivity index (χ1) is 5.09. The van der Waals surface area contributed by atoms with Crippen molar-refractivity contribution < 1.29 is 14.0 Å². The van der Waals surface area contributed by atoms with Crippen LogP contribution in [0, 0.1) is 0 Å². The van der Waals surface area contributed by atoms with Crippen LogP contribution in [0.4, 0.5) is 4.39 Å². The molecule has 0 aliphatic heterocycles. The number of nitrogens with one attached hydrogen (secondary N) is 1. The maximum atomic E-state index is 12.5. The highest BCUT2D eigenvalue weighted by molar-refractivity contribution is 6.02. The van der Waals surface area contributed by atoms with Gasteiger partial charge in [0.15, 0.2) is 5.78 Å². The van der Waals surface area contributed by atoms with Crippen LogP contribution < -0.4 is 5.32 Å². The lowest BCUT2D eigenvalue weighted by Crippen LogP contribution is -2.36. The van der Waals surface area contributed by atoms with Crippen molar-refractivity contribution in [1.82, 2.24) is 5.32 Å². The number of alkyl halides is 1.